The van der Waals surface area contributed by atoms with Gasteiger partial charge in [0.15, 0.2) is 0 Å². The second-order valence-electron chi connectivity index (χ2n) is 5.59. The molecule has 1 aliphatic rings. The molecule has 0 saturated carbocycles. The first-order chi connectivity index (χ1) is 8.58. The zero-order valence-electron chi connectivity index (χ0n) is 11.3. The van der Waals surface area contributed by atoms with Crippen molar-refractivity contribution < 1.29 is 0 Å². The molecule has 1 aromatic rings. The SMILES string of the molecule is CC(C)(CNCc1n[nH]c(=O)[nH]1)N1CCCCC1. The molecule has 0 aromatic carbocycles. The van der Waals surface area contributed by atoms with E-state index in [1.54, 1.807) is 0 Å². The summed E-state index contributed by atoms with van der Waals surface area (Å²) in [6, 6.07) is 0. The van der Waals surface area contributed by atoms with Gasteiger partial charge >= 0.3 is 5.69 Å². The lowest BCUT2D eigenvalue weighted by molar-refractivity contribution is 0.0941. The predicted octanol–water partition coefficient (Wildman–Crippen LogP) is 0.452. The molecular formula is C12H23N5O. The molecule has 6 heteroatoms. The molecule has 1 aromatic heterocycles. The van der Waals surface area contributed by atoms with Gasteiger partial charge in [-0.1, -0.05) is 6.42 Å². The van der Waals surface area contributed by atoms with Gasteiger partial charge in [0.25, 0.3) is 0 Å². The Hall–Kier alpha value is -1.14. The van der Waals surface area contributed by atoms with Crippen molar-refractivity contribution in [1.82, 2.24) is 25.4 Å². The lowest BCUT2D eigenvalue weighted by Crippen LogP contribution is -2.52. The Morgan fingerprint density at radius 1 is 1.33 bits per heavy atom. The minimum absolute atomic E-state index is 0.150. The Bertz CT molecular complexity index is 416. The van der Waals surface area contributed by atoms with Crippen molar-refractivity contribution in [1.29, 1.82) is 0 Å². The Kier molecular flexibility index (Phi) is 4.19. The standard InChI is InChI=1S/C12H23N5O/c1-12(2,17-6-4-3-5-7-17)9-13-8-10-14-11(18)16-15-10/h13H,3-9H2,1-2H3,(H2,14,15,16,18). The summed E-state index contributed by atoms with van der Waals surface area (Å²) in [5, 5.41) is 9.61. The number of piperidine rings is 1. The molecule has 3 N–H and O–H groups in total. The molecule has 0 radical (unpaired) electrons. The zero-order chi connectivity index (χ0) is 13.0. The van der Waals surface area contributed by atoms with Crippen LogP contribution in [0.15, 0.2) is 4.79 Å². The quantitative estimate of drug-likeness (QED) is 0.712. The number of H-pyrrole nitrogens is 2. The van der Waals surface area contributed by atoms with Gasteiger partial charge in [-0.15, -0.1) is 0 Å². The van der Waals surface area contributed by atoms with Crippen LogP contribution < -0.4 is 11.0 Å². The summed E-state index contributed by atoms with van der Waals surface area (Å²) < 4.78 is 0. The molecule has 2 heterocycles. The monoisotopic (exact) mass is 253 g/mol. The third-order valence-electron chi connectivity index (χ3n) is 3.61. The van der Waals surface area contributed by atoms with Crippen LogP contribution in [0.2, 0.25) is 0 Å². The van der Waals surface area contributed by atoms with E-state index in [2.05, 4.69) is 39.2 Å². The summed E-state index contributed by atoms with van der Waals surface area (Å²) in [6.45, 7) is 8.39. The fourth-order valence-corrected chi connectivity index (χ4v) is 2.49. The van der Waals surface area contributed by atoms with Crippen molar-refractivity contribution >= 4 is 0 Å². The highest BCUT2D eigenvalue weighted by atomic mass is 16.1. The third kappa shape index (κ3) is 3.43. The van der Waals surface area contributed by atoms with E-state index in [1.807, 2.05) is 0 Å². The summed E-state index contributed by atoms with van der Waals surface area (Å²) in [6.07, 6.45) is 3.96. The number of likely N-dealkylation sites (tertiary alicyclic amines) is 1. The fraction of sp³-hybridized carbons (Fsp3) is 0.833. The average molecular weight is 253 g/mol. The van der Waals surface area contributed by atoms with E-state index in [0.717, 1.165) is 6.54 Å². The van der Waals surface area contributed by atoms with E-state index >= 15 is 0 Å². The van der Waals surface area contributed by atoms with Crippen molar-refractivity contribution in [3.63, 3.8) is 0 Å². The van der Waals surface area contributed by atoms with Crippen molar-refractivity contribution in [2.75, 3.05) is 19.6 Å². The van der Waals surface area contributed by atoms with E-state index in [4.69, 9.17) is 0 Å². The normalized spacial score (nSPS) is 18.1. The number of aromatic nitrogens is 3. The van der Waals surface area contributed by atoms with Gasteiger partial charge in [0.1, 0.15) is 5.82 Å². The van der Waals surface area contributed by atoms with E-state index in [9.17, 15) is 4.79 Å². The van der Waals surface area contributed by atoms with Crippen LogP contribution in [0.1, 0.15) is 38.9 Å². The highest BCUT2D eigenvalue weighted by Crippen LogP contribution is 2.19. The summed E-state index contributed by atoms with van der Waals surface area (Å²) >= 11 is 0. The second-order valence-corrected chi connectivity index (χ2v) is 5.59. The van der Waals surface area contributed by atoms with Gasteiger partial charge in [-0.2, -0.15) is 5.10 Å². The number of hydrogen-bond donors (Lipinski definition) is 3. The van der Waals surface area contributed by atoms with Crippen LogP contribution >= 0.6 is 0 Å². The van der Waals surface area contributed by atoms with Crippen LogP contribution in [0, 0.1) is 0 Å². The Morgan fingerprint density at radius 3 is 2.67 bits per heavy atom. The molecule has 0 amide bonds. The zero-order valence-corrected chi connectivity index (χ0v) is 11.3. The van der Waals surface area contributed by atoms with E-state index in [1.165, 1.54) is 32.4 Å². The largest absolute Gasteiger partial charge is 0.340 e. The third-order valence-corrected chi connectivity index (χ3v) is 3.61. The summed E-state index contributed by atoms with van der Waals surface area (Å²) in [5.74, 6) is 0.662. The first-order valence-electron chi connectivity index (χ1n) is 6.67. The number of rotatable bonds is 5. The Balaban J connectivity index is 1.79. The lowest BCUT2D eigenvalue weighted by Gasteiger charge is -2.41. The lowest BCUT2D eigenvalue weighted by atomic mass is 9.98. The minimum Gasteiger partial charge on any atom is -0.308 e. The van der Waals surface area contributed by atoms with E-state index in [0.29, 0.717) is 12.4 Å². The highest BCUT2D eigenvalue weighted by molar-refractivity contribution is 4.87. The molecule has 0 spiro atoms. The van der Waals surface area contributed by atoms with Crippen LogP contribution in [-0.2, 0) is 6.54 Å². The molecule has 0 aliphatic carbocycles. The van der Waals surface area contributed by atoms with E-state index in [-0.39, 0.29) is 11.2 Å². The number of aromatic amines is 2. The second kappa shape index (κ2) is 5.67. The van der Waals surface area contributed by atoms with E-state index < -0.39 is 0 Å². The topological polar surface area (TPSA) is 76.8 Å². The van der Waals surface area contributed by atoms with Gasteiger partial charge in [0, 0.05) is 12.1 Å². The molecule has 2 rings (SSSR count). The molecule has 0 bridgehead atoms. The van der Waals surface area contributed by atoms with Crippen LogP contribution in [0.25, 0.3) is 0 Å². The number of hydrogen-bond acceptors (Lipinski definition) is 4. The molecule has 1 aliphatic heterocycles. The smallest absolute Gasteiger partial charge is 0.308 e. The van der Waals surface area contributed by atoms with Gasteiger partial charge in [-0.25, -0.2) is 9.89 Å². The van der Waals surface area contributed by atoms with Gasteiger partial charge in [-0.3, -0.25) is 9.88 Å². The predicted molar refractivity (Wildman–Crippen MR) is 70.4 cm³/mol. The van der Waals surface area contributed by atoms with Crippen LogP contribution in [-0.4, -0.2) is 45.3 Å². The van der Waals surface area contributed by atoms with Crippen molar-refractivity contribution in [2.45, 2.75) is 45.2 Å². The minimum atomic E-state index is -0.248. The maximum absolute atomic E-state index is 10.9. The van der Waals surface area contributed by atoms with Crippen molar-refractivity contribution in [3.05, 3.63) is 16.3 Å². The van der Waals surface area contributed by atoms with Crippen molar-refractivity contribution in [2.24, 2.45) is 0 Å². The number of nitrogens with one attached hydrogen (secondary N) is 3. The molecule has 1 fully saturated rings. The molecule has 6 nitrogen and oxygen atoms in total. The molecule has 0 atom stereocenters. The molecule has 102 valence electrons. The first kappa shape index (κ1) is 13.3. The van der Waals surface area contributed by atoms with Gasteiger partial charge < -0.3 is 5.32 Å². The van der Waals surface area contributed by atoms with Crippen LogP contribution in [0.3, 0.4) is 0 Å². The Morgan fingerprint density at radius 2 is 2.06 bits per heavy atom. The summed E-state index contributed by atoms with van der Waals surface area (Å²) in [4.78, 5) is 16.1. The maximum atomic E-state index is 10.9. The molecular weight excluding hydrogens is 230 g/mol. The maximum Gasteiger partial charge on any atom is 0.340 e. The van der Waals surface area contributed by atoms with Gasteiger partial charge in [-0.05, 0) is 39.8 Å². The van der Waals surface area contributed by atoms with Gasteiger partial charge in [0.05, 0.1) is 6.54 Å². The molecule has 18 heavy (non-hydrogen) atoms. The first-order valence-corrected chi connectivity index (χ1v) is 6.67. The summed E-state index contributed by atoms with van der Waals surface area (Å²) in [7, 11) is 0. The fourth-order valence-electron chi connectivity index (χ4n) is 2.49. The molecule has 1 saturated heterocycles. The average Bonchev–Trinajstić information content (AvgIpc) is 2.76. The van der Waals surface area contributed by atoms with Crippen LogP contribution in [0.4, 0.5) is 0 Å². The summed E-state index contributed by atoms with van der Waals surface area (Å²) in [5.41, 5.74) is -0.0982. The Labute approximate surface area is 107 Å². The highest BCUT2D eigenvalue weighted by Gasteiger charge is 2.27. The number of nitrogens with zero attached hydrogens (tertiary/aromatic N) is 2. The van der Waals surface area contributed by atoms with Gasteiger partial charge in [0.2, 0.25) is 0 Å². The molecule has 0 unspecified atom stereocenters. The van der Waals surface area contributed by atoms with Crippen LogP contribution in [0.5, 0.6) is 0 Å². The van der Waals surface area contributed by atoms with Crippen molar-refractivity contribution in [3.8, 4) is 0 Å².